The van der Waals surface area contributed by atoms with Crippen LogP contribution in [0, 0.1) is 0 Å². The molecule has 2 nitrogen and oxygen atoms in total. The minimum Gasteiger partial charge on any atom is -0.482 e. The third kappa shape index (κ3) is 1.64. The molecular formula is C7H9NO. The number of nitrogens with one attached hydrogen (secondary N) is 1. The Morgan fingerprint density at radius 2 is 2.22 bits per heavy atom. The molecule has 0 aliphatic carbocycles. The van der Waals surface area contributed by atoms with Crippen molar-refractivity contribution in [3.63, 3.8) is 0 Å². The topological polar surface area (TPSA) is 21.3 Å². The molecular weight excluding hydrogens is 114 g/mol. The Hall–Kier alpha value is -1.18. The first-order valence-corrected chi connectivity index (χ1v) is 2.77. The zero-order chi connectivity index (χ0) is 6.53. The van der Waals surface area contributed by atoms with Crippen molar-refractivity contribution in [2.45, 2.75) is 0 Å². The van der Waals surface area contributed by atoms with Gasteiger partial charge in [-0.1, -0.05) is 12.2 Å². The Bertz CT molecular complexity index is 168. The van der Waals surface area contributed by atoms with Gasteiger partial charge in [0.2, 0.25) is 0 Å². The summed E-state index contributed by atoms with van der Waals surface area (Å²) in [5, 5.41) is 2.93. The first-order chi connectivity index (χ1) is 4.43. The highest BCUT2D eigenvalue weighted by molar-refractivity contribution is 5.17. The highest BCUT2D eigenvalue weighted by atomic mass is 16.5. The molecule has 1 heterocycles. The standard InChI is InChI=1S/C7H9NO/c1-9-7-5-3-2-4-6-8-7/h2-6,8H,1H3. The fourth-order valence-corrected chi connectivity index (χ4v) is 0.568. The third-order valence-electron chi connectivity index (χ3n) is 1.01. The van der Waals surface area contributed by atoms with Crippen LogP contribution < -0.4 is 5.32 Å². The van der Waals surface area contributed by atoms with Crippen LogP contribution >= 0.6 is 0 Å². The molecule has 48 valence electrons. The maximum absolute atomic E-state index is 4.92. The van der Waals surface area contributed by atoms with E-state index >= 15 is 0 Å². The van der Waals surface area contributed by atoms with Gasteiger partial charge < -0.3 is 10.1 Å². The average molecular weight is 123 g/mol. The molecule has 1 aliphatic rings. The zero-order valence-electron chi connectivity index (χ0n) is 5.29. The normalized spacial score (nSPS) is 15.9. The van der Waals surface area contributed by atoms with Crippen molar-refractivity contribution < 1.29 is 4.74 Å². The van der Waals surface area contributed by atoms with Crippen LogP contribution in [0.5, 0.6) is 0 Å². The summed E-state index contributed by atoms with van der Waals surface area (Å²) in [5.74, 6) is 0.764. The molecule has 0 atom stereocenters. The monoisotopic (exact) mass is 123 g/mol. The predicted octanol–water partition coefficient (Wildman–Crippen LogP) is 1.15. The van der Waals surface area contributed by atoms with Gasteiger partial charge in [-0.15, -0.1) is 0 Å². The van der Waals surface area contributed by atoms with Crippen LogP contribution in [-0.4, -0.2) is 7.11 Å². The van der Waals surface area contributed by atoms with Gasteiger partial charge in [-0.2, -0.15) is 0 Å². The lowest BCUT2D eigenvalue weighted by atomic mass is 10.5. The smallest absolute Gasteiger partial charge is 0.190 e. The van der Waals surface area contributed by atoms with E-state index in [0.717, 1.165) is 5.88 Å². The number of rotatable bonds is 1. The fraction of sp³-hybridized carbons (Fsp3) is 0.143. The highest BCUT2D eigenvalue weighted by Crippen LogP contribution is 1.94. The second kappa shape index (κ2) is 2.97. The number of methoxy groups -OCH3 is 1. The van der Waals surface area contributed by atoms with E-state index < -0.39 is 0 Å². The molecule has 1 aliphatic heterocycles. The highest BCUT2D eigenvalue weighted by Gasteiger charge is 1.88. The van der Waals surface area contributed by atoms with E-state index in [9.17, 15) is 0 Å². The summed E-state index contributed by atoms with van der Waals surface area (Å²) in [6.45, 7) is 0. The second-order valence-corrected chi connectivity index (χ2v) is 1.62. The molecule has 0 saturated heterocycles. The van der Waals surface area contributed by atoms with Crippen molar-refractivity contribution in [1.29, 1.82) is 0 Å². The molecule has 0 radical (unpaired) electrons. The van der Waals surface area contributed by atoms with Gasteiger partial charge in [0.25, 0.3) is 0 Å². The molecule has 9 heavy (non-hydrogen) atoms. The second-order valence-electron chi connectivity index (χ2n) is 1.62. The van der Waals surface area contributed by atoms with Crippen LogP contribution in [0.15, 0.2) is 36.4 Å². The Labute approximate surface area is 54.5 Å². The number of allylic oxidation sites excluding steroid dienone is 4. The third-order valence-corrected chi connectivity index (χ3v) is 1.01. The molecule has 0 unspecified atom stereocenters. The molecule has 0 saturated carbocycles. The summed E-state index contributed by atoms with van der Waals surface area (Å²) in [5.41, 5.74) is 0. The van der Waals surface area contributed by atoms with Crippen LogP contribution in [0.25, 0.3) is 0 Å². The van der Waals surface area contributed by atoms with E-state index in [1.165, 1.54) is 0 Å². The van der Waals surface area contributed by atoms with Crippen LogP contribution in [0.4, 0.5) is 0 Å². The maximum Gasteiger partial charge on any atom is 0.190 e. The number of ether oxygens (including phenoxy) is 1. The molecule has 0 spiro atoms. The van der Waals surface area contributed by atoms with Gasteiger partial charge in [0.1, 0.15) is 0 Å². The Balaban J connectivity index is 2.62. The quantitative estimate of drug-likeness (QED) is 0.564. The minimum atomic E-state index is 0.764. The van der Waals surface area contributed by atoms with Crippen molar-refractivity contribution >= 4 is 0 Å². The molecule has 1 N–H and O–H groups in total. The lowest BCUT2D eigenvalue weighted by Crippen LogP contribution is -2.04. The van der Waals surface area contributed by atoms with Crippen molar-refractivity contribution in [1.82, 2.24) is 5.32 Å². The van der Waals surface area contributed by atoms with E-state index in [4.69, 9.17) is 4.74 Å². The summed E-state index contributed by atoms with van der Waals surface area (Å²) in [6.07, 6.45) is 9.43. The molecule has 0 aromatic carbocycles. The Morgan fingerprint density at radius 1 is 1.33 bits per heavy atom. The van der Waals surface area contributed by atoms with Crippen LogP contribution in [0.1, 0.15) is 0 Å². The lowest BCUT2D eigenvalue weighted by Gasteiger charge is -2.01. The molecule has 0 aromatic heterocycles. The number of hydrogen-bond acceptors (Lipinski definition) is 2. The summed E-state index contributed by atoms with van der Waals surface area (Å²) >= 11 is 0. The fourth-order valence-electron chi connectivity index (χ4n) is 0.568. The van der Waals surface area contributed by atoms with E-state index in [1.807, 2.05) is 30.5 Å². The first kappa shape index (κ1) is 5.95. The van der Waals surface area contributed by atoms with Crippen LogP contribution in [-0.2, 0) is 4.74 Å². The molecule has 0 bridgehead atoms. The zero-order valence-corrected chi connectivity index (χ0v) is 5.29. The van der Waals surface area contributed by atoms with E-state index in [1.54, 1.807) is 7.11 Å². The molecule has 2 heteroatoms. The van der Waals surface area contributed by atoms with Gasteiger partial charge in [-0.25, -0.2) is 0 Å². The van der Waals surface area contributed by atoms with Gasteiger partial charge in [-0.05, 0) is 12.2 Å². The van der Waals surface area contributed by atoms with E-state index in [2.05, 4.69) is 5.32 Å². The first-order valence-electron chi connectivity index (χ1n) is 2.77. The van der Waals surface area contributed by atoms with Gasteiger partial charge in [0, 0.05) is 6.20 Å². The van der Waals surface area contributed by atoms with Gasteiger partial charge >= 0.3 is 0 Å². The molecule has 0 aromatic rings. The SMILES string of the molecule is COC1=CC=CC=CN1. The maximum atomic E-state index is 4.92. The Kier molecular flexibility index (Phi) is 1.96. The molecule has 0 amide bonds. The van der Waals surface area contributed by atoms with E-state index in [-0.39, 0.29) is 0 Å². The van der Waals surface area contributed by atoms with Crippen molar-refractivity contribution in [3.8, 4) is 0 Å². The lowest BCUT2D eigenvalue weighted by molar-refractivity contribution is 0.272. The largest absolute Gasteiger partial charge is 0.482 e. The minimum absolute atomic E-state index is 0.764. The Morgan fingerprint density at radius 3 is 3.00 bits per heavy atom. The van der Waals surface area contributed by atoms with E-state index in [0.29, 0.717) is 0 Å². The molecule has 1 rings (SSSR count). The van der Waals surface area contributed by atoms with Crippen molar-refractivity contribution in [2.24, 2.45) is 0 Å². The van der Waals surface area contributed by atoms with Crippen LogP contribution in [0.3, 0.4) is 0 Å². The summed E-state index contributed by atoms with van der Waals surface area (Å²) in [4.78, 5) is 0. The summed E-state index contributed by atoms with van der Waals surface area (Å²) in [7, 11) is 1.63. The van der Waals surface area contributed by atoms with Gasteiger partial charge in [0.05, 0.1) is 7.11 Å². The van der Waals surface area contributed by atoms with Gasteiger partial charge in [0.15, 0.2) is 5.88 Å². The van der Waals surface area contributed by atoms with Crippen LogP contribution in [0.2, 0.25) is 0 Å². The summed E-state index contributed by atoms with van der Waals surface area (Å²) < 4.78 is 4.92. The molecule has 0 fully saturated rings. The van der Waals surface area contributed by atoms with Crippen molar-refractivity contribution in [2.75, 3.05) is 7.11 Å². The average Bonchev–Trinajstić information content (AvgIpc) is 2.13. The van der Waals surface area contributed by atoms with Crippen molar-refractivity contribution in [3.05, 3.63) is 36.4 Å². The number of hydrogen-bond donors (Lipinski definition) is 1. The van der Waals surface area contributed by atoms with Gasteiger partial charge in [-0.3, -0.25) is 0 Å². The summed E-state index contributed by atoms with van der Waals surface area (Å²) in [6, 6.07) is 0. The predicted molar refractivity (Wildman–Crippen MR) is 36.5 cm³/mol.